The maximum absolute atomic E-state index is 13.3. The zero-order valence-electron chi connectivity index (χ0n) is 10.8. The summed E-state index contributed by atoms with van der Waals surface area (Å²) >= 11 is 0. The summed E-state index contributed by atoms with van der Waals surface area (Å²) in [5.74, 6) is -14.9. The normalized spacial score (nSPS) is 13.2. The zero-order chi connectivity index (χ0) is 16.6. The monoisotopic (exact) mass is 317 g/mol. The van der Waals surface area contributed by atoms with Gasteiger partial charge in [0.1, 0.15) is 0 Å². The second-order valence-electron chi connectivity index (χ2n) is 4.42. The molecule has 0 amide bonds. The molecule has 0 heterocycles. The molecule has 0 unspecified atom stereocenters. The first-order chi connectivity index (χ1) is 9.32. The molecule has 1 rings (SSSR count). The lowest BCUT2D eigenvalue weighted by Crippen LogP contribution is -2.56. The van der Waals surface area contributed by atoms with Crippen LogP contribution < -0.4 is 4.90 Å². The van der Waals surface area contributed by atoms with E-state index in [2.05, 4.69) is 0 Å². The van der Waals surface area contributed by atoms with Gasteiger partial charge in [0.2, 0.25) is 5.78 Å². The number of hydrogen-bond donors (Lipinski definition) is 0. The molecule has 2 nitrogen and oxygen atoms in total. The average Bonchev–Trinajstić information content (AvgIpc) is 2.36. The number of carbonyl (C=O) groups excluding carboxylic acids is 1. The van der Waals surface area contributed by atoms with Crippen LogP contribution in [0, 0.1) is 0 Å². The first-order valence-corrected chi connectivity index (χ1v) is 5.47. The van der Waals surface area contributed by atoms with E-state index >= 15 is 0 Å². The van der Waals surface area contributed by atoms with Gasteiger partial charge >= 0.3 is 18.0 Å². The Hall–Kier alpha value is -1.80. The Morgan fingerprint density at radius 3 is 1.95 bits per heavy atom. The highest BCUT2D eigenvalue weighted by Gasteiger charge is 2.76. The minimum Gasteiger partial charge on any atom is -0.378 e. The third-order valence-electron chi connectivity index (χ3n) is 2.66. The highest BCUT2D eigenvalue weighted by Crippen LogP contribution is 2.47. The first-order valence-electron chi connectivity index (χ1n) is 5.47. The number of benzene rings is 1. The molecule has 0 aliphatic rings. The summed E-state index contributed by atoms with van der Waals surface area (Å²) in [5, 5.41) is 0. The van der Waals surface area contributed by atoms with Gasteiger partial charge in [-0.1, -0.05) is 12.1 Å². The smallest absolute Gasteiger partial charge is 0.378 e. The van der Waals surface area contributed by atoms with E-state index in [1.165, 1.54) is 25.1 Å². The molecule has 0 aromatic heterocycles. The summed E-state index contributed by atoms with van der Waals surface area (Å²) in [5.41, 5.74) is -0.734. The molecule has 0 N–H and O–H groups in total. The van der Waals surface area contributed by atoms with Gasteiger partial charge in [0.25, 0.3) is 0 Å². The van der Waals surface area contributed by atoms with Gasteiger partial charge < -0.3 is 4.90 Å². The van der Waals surface area contributed by atoms with Gasteiger partial charge in [-0.05, 0) is 12.1 Å². The number of halogens is 7. The molecule has 0 atom stereocenters. The molecule has 21 heavy (non-hydrogen) atoms. The summed E-state index contributed by atoms with van der Waals surface area (Å²) in [6.07, 6.45) is -6.54. The number of carbonyl (C=O) groups is 1. The van der Waals surface area contributed by atoms with Gasteiger partial charge in [-0.2, -0.15) is 30.7 Å². The molecule has 1 aromatic carbocycles. The topological polar surface area (TPSA) is 20.3 Å². The van der Waals surface area contributed by atoms with Gasteiger partial charge in [-0.15, -0.1) is 0 Å². The lowest BCUT2D eigenvalue weighted by atomic mass is 9.99. The van der Waals surface area contributed by atoms with Crippen molar-refractivity contribution in [2.45, 2.75) is 18.0 Å². The molecule has 0 spiro atoms. The molecule has 9 heteroatoms. The summed E-state index contributed by atoms with van der Waals surface area (Å²) in [7, 11) is 2.96. The Kier molecular flexibility index (Phi) is 4.27. The van der Waals surface area contributed by atoms with Crippen molar-refractivity contribution < 1.29 is 35.5 Å². The highest BCUT2D eigenvalue weighted by atomic mass is 19.4. The molecule has 0 bridgehead atoms. The van der Waals surface area contributed by atoms with Crippen LogP contribution in [0.1, 0.15) is 10.4 Å². The van der Waals surface area contributed by atoms with Crippen LogP contribution in [0.15, 0.2) is 24.3 Å². The summed E-state index contributed by atoms with van der Waals surface area (Å²) in [4.78, 5) is 12.8. The van der Waals surface area contributed by atoms with Crippen molar-refractivity contribution in [3.05, 3.63) is 29.8 Å². The van der Waals surface area contributed by atoms with Crippen molar-refractivity contribution in [2.24, 2.45) is 0 Å². The Labute approximate surface area is 115 Å². The number of rotatable bonds is 4. The predicted octanol–water partition coefficient (Wildman–Crippen LogP) is 3.77. The third-order valence-corrected chi connectivity index (χ3v) is 2.66. The van der Waals surface area contributed by atoms with E-state index in [-0.39, 0.29) is 5.69 Å². The van der Waals surface area contributed by atoms with Gasteiger partial charge in [0.05, 0.1) is 0 Å². The van der Waals surface area contributed by atoms with Gasteiger partial charge in [0.15, 0.2) is 0 Å². The number of ketones is 1. The van der Waals surface area contributed by atoms with Gasteiger partial charge in [-0.25, -0.2) is 0 Å². The molecule has 0 aliphatic carbocycles. The Morgan fingerprint density at radius 1 is 1.00 bits per heavy atom. The molecular weight excluding hydrogens is 307 g/mol. The van der Waals surface area contributed by atoms with Crippen LogP contribution in [0.25, 0.3) is 0 Å². The van der Waals surface area contributed by atoms with Crippen LogP contribution in [0.3, 0.4) is 0 Å². The molecule has 0 fully saturated rings. The minimum atomic E-state index is -6.54. The maximum atomic E-state index is 13.3. The Bertz CT molecular complexity index is 537. The lowest BCUT2D eigenvalue weighted by Gasteiger charge is -2.27. The van der Waals surface area contributed by atoms with Crippen LogP contribution in [0.4, 0.5) is 36.4 Å². The summed E-state index contributed by atoms with van der Waals surface area (Å²) < 4.78 is 88.2. The fourth-order valence-corrected chi connectivity index (χ4v) is 1.43. The van der Waals surface area contributed by atoms with E-state index in [9.17, 15) is 35.5 Å². The zero-order valence-corrected chi connectivity index (χ0v) is 10.8. The van der Waals surface area contributed by atoms with Crippen LogP contribution >= 0.6 is 0 Å². The van der Waals surface area contributed by atoms with E-state index < -0.39 is 29.4 Å². The van der Waals surface area contributed by atoms with Crippen molar-refractivity contribution in [1.82, 2.24) is 0 Å². The number of hydrogen-bond acceptors (Lipinski definition) is 2. The van der Waals surface area contributed by atoms with Crippen LogP contribution in [-0.2, 0) is 0 Å². The highest BCUT2D eigenvalue weighted by molar-refractivity contribution is 6.02. The van der Waals surface area contributed by atoms with Crippen molar-refractivity contribution in [3.63, 3.8) is 0 Å². The second-order valence-corrected chi connectivity index (χ2v) is 4.42. The fraction of sp³-hybridized carbons (Fsp3) is 0.417. The Balaban J connectivity index is 3.27. The molecule has 0 aliphatic heterocycles. The van der Waals surface area contributed by atoms with Crippen LogP contribution in [0.5, 0.6) is 0 Å². The minimum absolute atomic E-state index is 0.201. The largest absolute Gasteiger partial charge is 0.460 e. The number of Topliss-reactive ketones (excluding diaryl/α,β-unsaturated/α-hetero) is 1. The molecule has 118 valence electrons. The molecular formula is C12H10F7NO. The van der Waals surface area contributed by atoms with Crippen LogP contribution in [-0.4, -0.2) is 37.9 Å². The molecule has 0 radical (unpaired) electrons. The van der Waals surface area contributed by atoms with E-state index in [0.29, 0.717) is 0 Å². The van der Waals surface area contributed by atoms with E-state index in [1.54, 1.807) is 0 Å². The maximum Gasteiger partial charge on any atom is 0.460 e. The fourth-order valence-electron chi connectivity index (χ4n) is 1.43. The Morgan fingerprint density at radius 2 is 1.52 bits per heavy atom. The van der Waals surface area contributed by atoms with Gasteiger partial charge in [0, 0.05) is 25.3 Å². The van der Waals surface area contributed by atoms with Gasteiger partial charge in [-0.3, -0.25) is 4.79 Å². The SMILES string of the molecule is CN(C)c1cccc(C(=O)C(F)(F)C(F)(F)C(F)(F)F)c1. The number of nitrogens with zero attached hydrogens (tertiary/aromatic N) is 1. The summed E-state index contributed by atoms with van der Waals surface area (Å²) in [6, 6.07) is 4.03. The lowest BCUT2D eigenvalue weighted by molar-refractivity contribution is -0.339. The van der Waals surface area contributed by atoms with E-state index in [1.807, 2.05) is 0 Å². The van der Waals surface area contributed by atoms with Crippen molar-refractivity contribution in [3.8, 4) is 0 Å². The number of alkyl halides is 7. The van der Waals surface area contributed by atoms with Crippen molar-refractivity contribution in [2.75, 3.05) is 19.0 Å². The van der Waals surface area contributed by atoms with Crippen LogP contribution in [0.2, 0.25) is 0 Å². The average molecular weight is 317 g/mol. The first kappa shape index (κ1) is 17.3. The second kappa shape index (κ2) is 5.19. The predicted molar refractivity (Wildman–Crippen MR) is 61.0 cm³/mol. The summed E-state index contributed by atoms with van der Waals surface area (Å²) in [6.45, 7) is 0. The van der Waals surface area contributed by atoms with E-state index in [4.69, 9.17) is 0 Å². The molecule has 0 saturated carbocycles. The quantitative estimate of drug-likeness (QED) is 0.622. The van der Waals surface area contributed by atoms with Crippen molar-refractivity contribution in [1.29, 1.82) is 0 Å². The third kappa shape index (κ3) is 2.96. The number of anilines is 1. The molecule has 1 aromatic rings. The molecule has 0 saturated heterocycles. The standard InChI is InChI=1S/C12H10F7NO/c1-20(2)8-5-3-4-7(6-8)9(21)10(13,14)11(15,16)12(17,18)19/h3-6H,1-2H3. The van der Waals surface area contributed by atoms with Crippen molar-refractivity contribution >= 4 is 11.5 Å². The van der Waals surface area contributed by atoms with E-state index in [0.717, 1.165) is 18.2 Å².